The molecule has 1 heteroatoms. The third-order valence-electron chi connectivity index (χ3n) is 3.61. The first kappa shape index (κ1) is 15.3. The van der Waals surface area contributed by atoms with E-state index in [1.165, 1.54) is 27.8 Å². The topological polar surface area (TPSA) is 0 Å². The summed E-state index contributed by atoms with van der Waals surface area (Å²) in [6, 6.07) is 15.7. The average molecular weight is 331 g/mol. The quantitative estimate of drug-likeness (QED) is 0.585. The molecule has 0 amide bonds. The smallest absolute Gasteiger partial charge is 0.0644 e. The van der Waals surface area contributed by atoms with Crippen molar-refractivity contribution in [2.45, 2.75) is 44.9 Å². The maximum absolute atomic E-state index is 3.84. The van der Waals surface area contributed by atoms with E-state index in [0.717, 1.165) is 0 Å². The van der Waals surface area contributed by atoms with Crippen molar-refractivity contribution in [2.24, 2.45) is 0 Å². The molecular formula is C19H23Br. The van der Waals surface area contributed by atoms with E-state index in [1.807, 2.05) is 0 Å². The Labute approximate surface area is 131 Å². The van der Waals surface area contributed by atoms with Gasteiger partial charge in [0, 0.05) is 0 Å². The first-order valence-electron chi connectivity index (χ1n) is 7.10. The molecule has 0 heterocycles. The second-order valence-corrected chi connectivity index (χ2v) is 7.57. The van der Waals surface area contributed by atoms with Crippen molar-refractivity contribution in [1.29, 1.82) is 0 Å². The molecule has 0 aromatic heterocycles. The Morgan fingerprint density at radius 3 is 1.75 bits per heavy atom. The minimum absolute atomic E-state index is 0.209. The molecule has 0 aliphatic rings. The van der Waals surface area contributed by atoms with E-state index >= 15 is 0 Å². The number of alkyl halides is 1. The highest BCUT2D eigenvalue weighted by atomic mass is 79.9. The number of rotatable bonds is 2. The molecule has 0 bridgehead atoms. The predicted octanol–water partition coefficient (Wildman–Crippen LogP) is 6.09. The predicted molar refractivity (Wildman–Crippen MR) is 91.8 cm³/mol. The van der Waals surface area contributed by atoms with Gasteiger partial charge in [-0.05, 0) is 36.0 Å². The monoisotopic (exact) mass is 330 g/mol. The molecule has 0 saturated carbocycles. The Kier molecular flexibility index (Phi) is 4.39. The molecule has 0 aliphatic heterocycles. The average Bonchev–Trinajstić information content (AvgIpc) is 2.36. The summed E-state index contributed by atoms with van der Waals surface area (Å²) in [6.45, 7) is 11.0. The van der Waals surface area contributed by atoms with Crippen LogP contribution >= 0.6 is 15.9 Å². The van der Waals surface area contributed by atoms with Crippen LogP contribution in [0.5, 0.6) is 0 Å². The van der Waals surface area contributed by atoms with E-state index in [2.05, 4.69) is 93.0 Å². The SMILES string of the molecule is Cc1cc(C)cc(C(Br)c2ccc(C(C)(C)C)cc2)c1. The molecule has 2 rings (SSSR count). The van der Waals surface area contributed by atoms with Gasteiger partial charge in [0.25, 0.3) is 0 Å². The molecule has 2 aromatic rings. The van der Waals surface area contributed by atoms with E-state index in [1.54, 1.807) is 0 Å². The number of hydrogen-bond donors (Lipinski definition) is 0. The molecule has 0 radical (unpaired) electrons. The summed E-state index contributed by atoms with van der Waals surface area (Å²) in [5.74, 6) is 0. The number of halogens is 1. The van der Waals surface area contributed by atoms with Gasteiger partial charge in [-0.2, -0.15) is 0 Å². The lowest BCUT2D eigenvalue weighted by molar-refractivity contribution is 0.590. The van der Waals surface area contributed by atoms with E-state index < -0.39 is 0 Å². The molecule has 20 heavy (non-hydrogen) atoms. The van der Waals surface area contributed by atoms with Crippen molar-refractivity contribution in [3.8, 4) is 0 Å². The summed E-state index contributed by atoms with van der Waals surface area (Å²) in [5.41, 5.74) is 6.85. The number of benzene rings is 2. The van der Waals surface area contributed by atoms with Gasteiger partial charge in [-0.1, -0.05) is 90.3 Å². The van der Waals surface area contributed by atoms with Gasteiger partial charge in [-0.25, -0.2) is 0 Å². The van der Waals surface area contributed by atoms with Crippen LogP contribution in [0.4, 0.5) is 0 Å². The van der Waals surface area contributed by atoms with Crippen molar-refractivity contribution in [3.05, 3.63) is 70.3 Å². The molecule has 0 fully saturated rings. The largest absolute Gasteiger partial charge is 0.0786 e. The standard InChI is InChI=1S/C19H23Br/c1-13-10-14(2)12-16(11-13)18(20)15-6-8-17(9-7-15)19(3,4)5/h6-12,18H,1-5H3. The van der Waals surface area contributed by atoms with Crippen molar-refractivity contribution in [2.75, 3.05) is 0 Å². The van der Waals surface area contributed by atoms with Crippen LogP contribution in [0.15, 0.2) is 42.5 Å². The summed E-state index contributed by atoms with van der Waals surface area (Å²) in [5, 5.41) is 0. The van der Waals surface area contributed by atoms with E-state index in [0.29, 0.717) is 0 Å². The highest BCUT2D eigenvalue weighted by molar-refractivity contribution is 9.09. The molecule has 2 aromatic carbocycles. The Morgan fingerprint density at radius 1 is 0.800 bits per heavy atom. The minimum Gasteiger partial charge on any atom is -0.0786 e. The highest BCUT2D eigenvalue weighted by Gasteiger charge is 2.15. The van der Waals surface area contributed by atoms with Gasteiger partial charge >= 0.3 is 0 Å². The van der Waals surface area contributed by atoms with Crippen LogP contribution < -0.4 is 0 Å². The van der Waals surface area contributed by atoms with Crippen LogP contribution in [0.25, 0.3) is 0 Å². The molecule has 0 saturated heterocycles. The third-order valence-corrected chi connectivity index (χ3v) is 4.66. The first-order valence-corrected chi connectivity index (χ1v) is 8.01. The van der Waals surface area contributed by atoms with Crippen LogP contribution in [-0.4, -0.2) is 0 Å². The zero-order valence-corrected chi connectivity index (χ0v) is 14.6. The maximum atomic E-state index is 3.84. The van der Waals surface area contributed by atoms with Crippen LogP contribution in [0, 0.1) is 13.8 Å². The van der Waals surface area contributed by atoms with Gasteiger partial charge in [0.15, 0.2) is 0 Å². The van der Waals surface area contributed by atoms with Crippen LogP contribution in [0.1, 0.15) is 53.4 Å². The lowest BCUT2D eigenvalue weighted by atomic mass is 9.86. The van der Waals surface area contributed by atoms with E-state index in [9.17, 15) is 0 Å². The fourth-order valence-corrected chi connectivity index (χ4v) is 3.07. The molecule has 0 spiro atoms. The van der Waals surface area contributed by atoms with Gasteiger partial charge in [0.2, 0.25) is 0 Å². The Balaban J connectivity index is 2.31. The fraction of sp³-hybridized carbons (Fsp3) is 0.368. The van der Waals surface area contributed by atoms with Gasteiger partial charge in [-0.15, -0.1) is 0 Å². The van der Waals surface area contributed by atoms with Crippen LogP contribution in [0.3, 0.4) is 0 Å². The molecule has 1 unspecified atom stereocenters. The minimum atomic E-state index is 0.209. The second kappa shape index (κ2) is 5.73. The molecular weight excluding hydrogens is 308 g/mol. The normalized spacial score (nSPS) is 13.3. The van der Waals surface area contributed by atoms with E-state index in [-0.39, 0.29) is 10.2 Å². The first-order chi connectivity index (χ1) is 9.27. The Hall–Kier alpha value is -1.08. The van der Waals surface area contributed by atoms with Gasteiger partial charge in [0.05, 0.1) is 4.83 Å². The fourth-order valence-electron chi connectivity index (χ4n) is 2.50. The number of hydrogen-bond acceptors (Lipinski definition) is 0. The summed E-state index contributed by atoms with van der Waals surface area (Å²) in [6.07, 6.45) is 0. The zero-order valence-electron chi connectivity index (χ0n) is 13.0. The molecule has 0 aliphatic carbocycles. The summed E-state index contributed by atoms with van der Waals surface area (Å²) in [4.78, 5) is 0.259. The lowest BCUT2D eigenvalue weighted by Crippen LogP contribution is -2.10. The summed E-state index contributed by atoms with van der Waals surface area (Å²) < 4.78 is 0. The summed E-state index contributed by atoms with van der Waals surface area (Å²) in [7, 11) is 0. The van der Waals surface area contributed by atoms with E-state index in [4.69, 9.17) is 0 Å². The van der Waals surface area contributed by atoms with Crippen molar-refractivity contribution in [1.82, 2.24) is 0 Å². The van der Waals surface area contributed by atoms with Crippen molar-refractivity contribution >= 4 is 15.9 Å². The molecule has 106 valence electrons. The zero-order chi connectivity index (χ0) is 14.9. The van der Waals surface area contributed by atoms with Gasteiger partial charge < -0.3 is 0 Å². The van der Waals surface area contributed by atoms with Crippen molar-refractivity contribution in [3.63, 3.8) is 0 Å². The maximum Gasteiger partial charge on any atom is 0.0644 e. The lowest BCUT2D eigenvalue weighted by Gasteiger charge is -2.20. The second-order valence-electron chi connectivity index (χ2n) is 6.66. The van der Waals surface area contributed by atoms with Gasteiger partial charge in [-0.3, -0.25) is 0 Å². The summed E-state index contributed by atoms with van der Waals surface area (Å²) >= 11 is 3.84. The van der Waals surface area contributed by atoms with Gasteiger partial charge in [0.1, 0.15) is 0 Å². The molecule has 1 atom stereocenters. The van der Waals surface area contributed by atoms with Crippen molar-refractivity contribution < 1.29 is 0 Å². The third kappa shape index (κ3) is 3.52. The highest BCUT2D eigenvalue weighted by Crippen LogP contribution is 2.33. The van der Waals surface area contributed by atoms with Crippen LogP contribution in [-0.2, 0) is 5.41 Å². The van der Waals surface area contributed by atoms with Crippen LogP contribution in [0.2, 0.25) is 0 Å². The Bertz CT molecular complexity index is 568. The number of aryl methyl sites for hydroxylation is 2. The molecule has 0 nitrogen and oxygen atoms in total. The molecule has 0 N–H and O–H groups in total. The Morgan fingerprint density at radius 2 is 1.30 bits per heavy atom.